The van der Waals surface area contributed by atoms with Crippen molar-refractivity contribution in [2.45, 2.75) is 66.1 Å². The van der Waals surface area contributed by atoms with Crippen LogP contribution in [0, 0.1) is 27.7 Å². The standard InChI is InChI=1S/C29H39N3O7/c1-15-9-16(2)25(34-8)29-23(15)24-22(32(12-30-20(6)33)11-17(3)31(24)7)10-21-18(4)27-28(36-13-35-27)19(5)26(21)39-38-14-37-29/h9,17,22,24H,10-14H2,1-8H3,(H,30,33)/t17?,22?,24-/m0/s1. The number of hydrogen-bond acceptors (Lipinski definition) is 9. The molecular weight excluding hydrogens is 502 g/mol. The molecule has 3 heterocycles. The summed E-state index contributed by atoms with van der Waals surface area (Å²) in [5.41, 5.74) is 5.84. The summed E-state index contributed by atoms with van der Waals surface area (Å²) in [6, 6.07) is 2.19. The molecule has 3 aliphatic rings. The van der Waals surface area contributed by atoms with E-state index in [-0.39, 0.29) is 37.6 Å². The maximum absolute atomic E-state index is 12.0. The van der Waals surface area contributed by atoms with Crippen LogP contribution in [0.2, 0.25) is 0 Å². The second kappa shape index (κ2) is 10.7. The lowest BCUT2D eigenvalue weighted by Gasteiger charge is -2.50. The van der Waals surface area contributed by atoms with Crippen LogP contribution in [0.25, 0.3) is 0 Å². The molecule has 1 amide bonds. The summed E-state index contributed by atoms with van der Waals surface area (Å²) in [7, 11) is 3.81. The second-order valence-electron chi connectivity index (χ2n) is 10.8. The molecule has 10 nitrogen and oxygen atoms in total. The highest BCUT2D eigenvalue weighted by Crippen LogP contribution is 2.50. The van der Waals surface area contributed by atoms with Crippen LogP contribution in [0.5, 0.6) is 28.7 Å². The maximum atomic E-state index is 12.0. The number of nitrogens with zero attached hydrogens (tertiary/aromatic N) is 2. The zero-order chi connectivity index (χ0) is 28.0. The normalized spacial score (nSPS) is 22.9. The fourth-order valence-electron chi connectivity index (χ4n) is 6.30. The molecule has 3 atom stereocenters. The third-order valence-electron chi connectivity index (χ3n) is 8.33. The van der Waals surface area contributed by atoms with Gasteiger partial charge in [-0.05, 0) is 59.2 Å². The number of carbonyl (C=O) groups is 1. The minimum Gasteiger partial charge on any atom is -0.493 e. The van der Waals surface area contributed by atoms with Crippen LogP contribution in [-0.4, -0.2) is 68.7 Å². The van der Waals surface area contributed by atoms with E-state index in [0.717, 1.165) is 45.7 Å². The first-order valence-corrected chi connectivity index (χ1v) is 13.4. The molecule has 0 radical (unpaired) electrons. The molecule has 39 heavy (non-hydrogen) atoms. The van der Waals surface area contributed by atoms with Gasteiger partial charge in [0.25, 0.3) is 0 Å². The molecule has 0 saturated carbocycles. The lowest BCUT2D eigenvalue weighted by molar-refractivity contribution is -0.247. The van der Waals surface area contributed by atoms with Crippen molar-refractivity contribution in [3.63, 3.8) is 0 Å². The molecule has 5 rings (SSSR count). The maximum Gasteiger partial charge on any atom is 0.232 e. The molecule has 1 saturated heterocycles. The number of piperazine rings is 1. The summed E-state index contributed by atoms with van der Waals surface area (Å²) in [4.78, 5) is 28.4. The van der Waals surface area contributed by atoms with Crippen molar-refractivity contribution in [1.82, 2.24) is 15.1 Å². The van der Waals surface area contributed by atoms with E-state index in [1.165, 1.54) is 0 Å². The lowest BCUT2D eigenvalue weighted by atomic mass is 9.83. The third-order valence-corrected chi connectivity index (χ3v) is 8.33. The van der Waals surface area contributed by atoms with Gasteiger partial charge in [-0.3, -0.25) is 14.6 Å². The van der Waals surface area contributed by atoms with Gasteiger partial charge in [0.2, 0.25) is 19.5 Å². The Hall–Kier alpha value is -3.21. The Morgan fingerprint density at radius 1 is 1.03 bits per heavy atom. The SMILES string of the molecule is COc1c(C)cc(C)c2c1OCOOc1c(C)c3c(c(C)c1CC1[C@@H]2N(C)C(C)CN1CNC(C)=O)OCO3. The largest absolute Gasteiger partial charge is 0.493 e. The van der Waals surface area contributed by atoms with E-state index < -0.39 is 0 Å². The predicted octanol–water partition coefficient (Wildman–Crippen LogP) is 3.70. The van der Waals surface area contributed by atoms with Crippen molar-refractivity contribution >= 4 is 5.91 Å². The molecule has 3 aliphatic heterocycles. The quantitative estimate of drug-likeness (QED) is 0.584. The first kappa shape index (κ1) is 27.4. The first-order valence-electron chi connectivity index (χ1n) is 13.4. The van der Waals surface area contributed by atoms with Gasteiger partial charge in [-0.1, -0.05) is 6.07 Å². The minimum atomic E-state index is -0.134. The van der Waals surface area contributed by atoms with Gasteiger partial charge in [0.05, 0.1) is 19.8 Å². The number of amides is 1. The number of nitrogens with one attached hydrogen (secondary N) is 1. The highest BCUT2D eigenvalue weighted by molar-refractivity contribution is 5.72. The Balaban J connectivity index is 1.74. The Morgan fingerprint density at radius 3 is 2.41 bits per heavy atom. The Kier molecular flexibility index (Phi) is 7.54. The summed E-state index contributed by atoms with van der Waals surface area (Å²) in [6.07, 6.45) is 0.610. The van der Waals surface area contributed by atoms with Gasteiger partial charge in [-0.2, -0.15) is 0 Å². The second-order valence-corrected chi connectivity index (χ2v) is 10.8. The molecular formula is C29H39N3O7. The summed E-state index contributed by atoms with van der Waals surface area (Å²) in [5, 5.41) is 3.03. The van der Waals surface area contributed by atoms with Gasteiger partial charge >= 0.3 is 0 Å². The Bertz CT molecular complexity index is 1280. The fraction of sp³-hybridized carbons (Fsp3) is 0.552. The van der Waals surface area contributed by atoms with Gasteiger partial charge in [0.1, 0.15) is 0 Å². The third kappa shape index (κ3) is 4.74. The van der Waals surface area contributed by atoms with Crippen molar-refractivity contribution in [2.24, 2.45) is 0 Å². The molecule has 2 unspecified atom stereocenters. The Morgan fingerprint density at radius 2 is 1.72 bits per heavy atom. The Labute approximate surface area is 230 Å². The number of carbonyl (C=O) groups excluding carboxylic acids is 1. The van der Waals surface area contributed by atoms with Crippen LogP contribution in [0.15, 0.2) is 6.07 Å². The van der Waals surface area contributed by atoms with Crippen LogP contribution >= 0.6 is 0 Å². The summed E-state index contributed by atoms with van der Waals surface area (Å²) < 4.78 is 23.8. The van der Waals surface area contributed by atoms with E-state index in [2.05, 4.69) is 42.1 Å². The predicted molar refractivity (Wildman–Crippen MR) is 145 cm³/mol. The van der Waals surface area contributed by atoms with Gasteiger partial charge in [0, 0.05) is 47.8 Å². The molecule has 0 spiro atoms. The molecule has 1 N–H and O–H groups in total. The average molecular weight is 542 g/mol. The van der Waals surface area contributed by atoms with Crippen molar-refractivity contribution in [3.8, 4) is 28.7 Å². The number of methoxy groups -OCH3 is 1. The average Bonchev–Trinajstić information content (AvgIpc) is 3.37. The molecule has 0 aliphatic carbocycles. The summed E-state index contributed by atoms with van der Waals surface area (Å²) >= 11 is 0. The molecule has 2 aromatic rings. The van der Waals surface area contributed by atoms with Crippen molar-refractivity contribution in [1.29, 1.82) is 0 Å². The number of fused-ring (bicyclic) bond motifs is 5. The van der Waals surface area contributed by atoms with E-state index >= 15 is 0 Å². The van der Waals surface area contributed by atoms with Crippen LogP contribution in [-0.2, 0) is 16.1 Å². The molecule has 1 fully saturated rings. The fourth-order valence-corrected chi connectivity index (χ4v) is 6.30. The van der Waals surface area contributed by atoms with Gasteiger partial charge in [-0.25, -0.2) is 0 Å². The number of benzene rings is 2. The molecule has 10 heteroatoms. The number of ether oxygens (including phenoxy) is 4. The van der Waals surface area contributed by atoms with Gasteiger partial charge in [-0.15, -0.1) is 4.89 Å². The molecule has 212 valence electrons. The van der Waals surface area contributed by atoms with E-state index in [4.69, 9.17) is 28.7 Å². The summed E-state index contributed by atoms with van der Waals surface area (Å²) in [5.74, 6) is 3.25. The zero-order valence-corrected chi connectivity index (χ0v) is 24.1. The van der Waals surface area contributed by atoms with Crippen LogP contribution in [0.3, 0.4) is 0 Å². The first-order chi connectivity index (χ1) is 18.6. The topological polar surface area (TPSA) is 91.0 Å². The van der Waals surface area contributed by atoms with E-state index in [1.54, 1.807) is 14.0 Å². The van der Waals surface area contributed by atoms with Crippen molar-refractivity contribution in [2.75, 3.05) is 41.0 Å². The van der Waals surface area contributed by atoms with Gasteiger partial charge in [0.15, 0.2) is 28.7 Å². The molecule has 0 aromatic heterocycles. The molecule has 2 aromatic carbocycles. The number of likely N-dealkylation sites (N-methyl/N-ethyl adjacent to an activating group) is 1. The lowest BCUT2D eigenvalue weighted by Crippen LogP contribution is -2.60. The number of rotatable bonds is 3. The van der Waals surface area contributed by atoms with Crippen LogP contribution < -0.4 is 29.2 Å². The van der Waals surface area contributed by atoms with Gasteiger partial charge < -0.3 is 29.2 Å². The highest BCUT2D eigenvalue weighted by Gasteiger charge is 2.43. The summed E-state index contributed by atoms with van der Waals surface area (Å²) in [6.45, 7) is 13.1. The smallest absolute Gasteiger partial charge is 0.232 e. The number of aryl methyl sites for hydroxylation is 2. The minimum absolute atomic E-state index is 0.0644. The van der Waals surface area contributed by atoms with E-state index in [1.807, 2.05) is 20.8 Å². The monoisotopic (exact) mass is 541 g/mol. The van der Waals surface area contributed by atoms with Crippen LogP contribution in [0.4, 0.5) is 0 Å². The van der Waals surface area contributed by atoms with Crippen molar-refractivity contribution < 1.29 is 33.5 Å². The van der Waals surface area contributed by atoms with E-state index in [0.29, 0.717) is 36.1 Å². The number of hydrogen-bond donors (Lipinski definition) is 1. The zero-order valence-electron chi connectivity index (χ0n) is 24.1. The van der Waals surface area contributed by atoms with E-state index in [9.17, 15) is 4.79 Å². The van der Waals surface area contributed by atoms with Crippen LogP contribution in [0.1, 0.15) is 53.3 Å². The van der Waals surface area contributed by atoms with Crippen molar-refractivity contribution in [3.05, 3.63) is 39.4 Å². The molecule has 0 bridgehead atoms. The highest BCUT2D eigenvalue weighted by atomic mass is 17.2.